The first-order chi connectivity index (χ1) is 9.81. The van der Waals surface area contributed by atoms with Gasteiger partial charge in [0, 0.05) is 31.9 Å². The Morgan fingerprint density at radius 3 is 2.76 bits per heavy atom. The lowest BCUT2D eigenvalue weighted by molar-refractivity contribution is 0.579. The van der Waals surface area contributed by atoms with Crippen molar-refractivity contribution in [2.45, 2.75) is 18.2 Å². The lowest BCUT2D eigenvalue weighted by Crippen LogP contribution is -2.27. The second kappa shape index (κ2) is 6.05. The monoisotopic (exact) mass is 328 g/mol. The van der Waals surface area contributed by atoms with Crippen LogP contribution >= 0.6 is 11.6 Å². The first-order valence-electron chi connectivity index (χ1n) is 6.33. The van der Waals surface area contributed by atoms with Crippen LogP contribution in [0.1, 0.15) is 11.3 Å². The van der Waals surface area contributed by atoms with Gasteiger partial charge in [0.1, 0.15) is 0 Å². The van der Waals surface area contributed by atoms with Crippen LogP contribution in [-0.4, -0.2) is 24.7 Å². The number of nitrogens with two attached hydrogens (primary N) is 1. The Balaban J connectivity index is 2.12. The number of rotatable bonds is 5. The summed E-state index contributed by atoms with van der Waals surface area (Å²) >= 11 is 5.88. The highest BCUT2D eigenvalue weighted by Gasteiger charge is 2.18. The number of aromatic nitrogens is 2. The van der Waals surface area contributed by atoms with E-state index in [4.69, 9.17) is 17.3 Å². The summed E-state index contributed by atoms with van der Waals surface area (Å²) in [4.78, 5) is 0.148. The van der Waals surface area contributed by atoms with Gasteiger partial charge in [-0.3, -0.25) is 4.68 Å². The van der Waals surface area contributed by atoms with E-state index >= 15 is 0 Å². The Kier molecular flexibility index (Phi) is 4.55. The second-order valence-electron chi connectivity index (χ2n) is 4.73. The predicted molar refractivity (Wildman–Crippen MR) is 82.7 cm³/mol. The lowest BCUT2D eigenvalue weighted by atomic mass is 10.2. The van der Waals surface area contributed by atoms with Crippen molar-refractivity contribution < 1.29 is 8.42 Å². The summed E-state index contributed by atoms with van der Waals surface area (Å²) in [6, 6.07) is 4.77. The molecule has 0 saturated heterocycles. The smallest absolute Gasteiger partial charge is 0.240 e. The van der Waals surface area contributed by atoms with Crippen LogP contribution in [0, 0.1) is 6.92 Å². The number of nitrogens with one attached hydrogen (secondary N) is 1. The Labute approximate surface area is 129 Å². The number of anilines is 1. The zero-order valence-electron chi connectivity index (χ0n) is 11.8. The van der Waals surface area contributed by atoms with Crippen LogP contribution in [0.4, 0.5) is 5.69 Å². The average Bonchev–Trinajstić information content (AvgIpc) is 2.79. The fourth-order valence-electron chi connectivity index (χ4n) is 2.00. The molecule has 1 heterocycles. The molecule has 114 valence electrons. The van der Waals surface area contributed by atoms with Crippen molar-refractivity contribution in [2.24, 2.45) is 7.05 Å². The maximum atomic E-state index is 12.3. The molecule has 0 aliphatic heterocycles. The third kappa shape index (κ3) is 3.55. The molecule has 2 aromatic rings. The van der Waals surface area contributed by atoms with E-state index < -0.39 is 10.0 Å². The molecule has 1 aromatic carbocycles. The number of halogens is 1. The van der Waals surface area contributed by atoms with Crippen LogP contribution in [0.25, 0.3) is 0 Å². The molecule has 0 atom stereocenters. The summed E-state index contributed by atoms with van der Waals surface area (Å²) < 4.78 is 28.9. The first-order valence-corrected chi connectivity index (χ1v) is 8.19. The summed E-state index contributed by atoms with van der Waals surface area (Å²) in [5.74, 6) is 0. The third-order valence-corrected chi connectivity index (χ3v) is 5.11. The molecule has 3 N–H and O–H groups in total. The van der Waals surface area contributed by atoms with Crippen LogP contribution in [-0.2, 0) is 23.5 Å². The molecule has 0 fully saturated rings. The van der Waals surface area contributed by atoms with E-state index in [1.54, 1.807) is 23.9 Å². The quantitative estimate of drug-likeness (QED) is 0.814. The summed E-state index contributed by atoms with van der Waals surface area (Å²) in [5, 5.41) is 4.38. The molecule has 0 aliphatic carbocycles. The van der Waals surface area contributed by atoms with Crippen molar-refractivity contribution in [3.63, 3.8) is 0 Å². The largest absolute Gasteiger partial charge is 0.397 e. The number of sulfonamides is 1. The molecule has 0 saturated carbocycles. The van der Waals surface area contributed by atoms with Gasteiger partial charge in [0.05, 0.1) is 15.6 Å². The first kappa shape index (κ1) is 15.8. The van der Waals surface area contributed by atoms with Crippen molar-refractivity contribution in [1.29, 1.82) is 0 Å². The minimum atomic E-state index is -3.61. The number of nitrogen functional groups attached to an aromatic ring is 1. The molecule has 0 aliphatic rings. The predicted octanol–water partition coefficient (Wildman–Crippen LogP) is 1.49. The summed E-state index contributed by atoms with van der Waals surface area (Å²) in [7, 11) is -1.80. The molecule has 1 aromatic heterocycles. The highest BCUT2D eigenvalue weighted by atomic mass is 35.5. The molecule has 0 bridgehead atoms. The Morgan fingerprint density at radius 2 is 2.14 bits per heavy atom. The Hall–Kier alpha value is -1.57. The molecule has 6 nitrogen and oxygen atoms in total. The van der Waals surface area contributed by atoms with Gasteiger partial charge >= 0.3 is 0 Å². The number of hydrogen-bond donors (Lipinski definition) is 2. The molecule has 0 amide bonds. The molecule has 8 heteroatoms. The summed E-state index contributed by atoms with van der Waals surface area (Å²) in [5.41, 5.74) is 7.43. The van der Waals surface area contributed by atoms with Crippen molar-refractivity contribution in [2.75, 3.05) is 12.3 Å². The SMILES string of the molecule is Cc1cc(Cl)c(N)cc1S(=O)(=O)NCCc1ccnn1C. The van der Waals surface area contributed by atoms with Crippen LogP contribution in [0.2, 0.25) is 5.02 Å². The lowest BCUT2D eigenvalue weighted by Gasteiger charge is -2.11. The number of aryl methyl sites for hydroxylation is 2. The van der Waals surface area contributed by atoms with Gasteiger partial charge in [-0.2, -0.15) is 5.10 Å². The van der Waals surface area contributed by atoms with E-state index in [0.717, 1.165) is 5.69 Å². The van der Waals surface area contributed by atoms with Gasteiger partial charge in [-0.1, -0.05) is 11.6 Å². The molecular formula is C13H17ClN4O2S. The van der Waals surface area contributed by atoms with E-state index in [2.05, 4.69) is 9.82 Å². The maximum Gasteiger partial charge on any atom is 0.240 e. The van der Waals surface area contributed by atoms with Gasteiger partial charge in [-0.15, -0.1) is 0 Å². The standard InChI is InChI=1S/C13H17ClN4O2S/c1-9-7-11(14)12(15)8-13(9)21(19,20)17-6-4-10-3-5-16-18(10)2/h3,5,7-8,17H,4,6,15H2,1-2H3. The van der Waals surface area contributed by atoms with Gasteiger partial charge < -0.3 is 5.73 Å². The number of benzene rings is 1. The molecular weight excluding hydrogens is 312 g/mol. The minimum Gasteiger partial charge on any atom is -0.397 e. The fourth-order valence-corrected chi connectivity index (χ4v) is 3.51. The van der Waals surface area contributed by atoms with Crippen molar-refractivity contribution >= 4 is 27.3 Å². The summed E-state index contributed by atoms with van der Waals surface area (Å²) in [6.45, 7) is 1.96. The fraction of sp³-hybridized carbons (Fsp3) is 0.308. The van der Waals surface area contributed by atoms with E-state index in [1.807, 2.05) is 13.1 Å². The van der Waals surface area contributed by atoms with Gasteiger partial charge in [0.25, 0.3) is 0 Å². The van der Waals surface area contributed by atoms with Crippen LogP contribution in [0.5, 0.6) is 0 Å². The zero-order valence-corrected chi connectivity index (χ0v) is 13.4. The molecule has 0 spiro atoms. The number of nitrogens with zero attached hydrogens (tertiary/aromatic N) is 2. The van der Waals surface area contributed by atoms with Gasteiger partial charge in [0.15, 0.2) is 0 Å². The van der Waals surface area contributed by atoms with Crippen LogP contribution in [0.3, 0.4) is 0 Å². The van der Waals surface area contributed by atoms with E-state index in [9.17, 15) is 8.42 Å². The van der Waals surface area contributed by atoms with Gasteiger partial charge in [0.2, 0.25) is 10.0 Å². The van der Waals surface area contributed by atoms with Crippen molar-refractivity contribution in [3.05, 3.63) is 40.7 Å². The van der Waals surface area contributed by atoms with Crippen molar-refractivity contribution in [3.8, 4) is 0 Å². The van der Waals surface area contributed by atoms with E-state index in [-0.39, 0.29) is 17.1 Å². The molecule has 0 unspecified atom stereocenters. The van der Waals surface area contributed by atoms with Gasteiger partial charge in [-0.25, -0.2) is 13.1 Å². The highest BCUT2D eigenvalue weighted by Crippen LogP contribution is 2.26. The molecule has 21 heavy (non-hydrogen) atoms. The minimum absolute atomic E-state index is 0.148. The normalized spacial score (nSPS) is 11.8. The summed E-state index contributed by atoms with van der Waals surface area (Å²) in [6.07, 6.45) is 2.23. The maximum absolute atomic E-state index is 12.3. The molecule has 2 rings (SSSR count). The Morgan fingerprint density at radius 1 is 1.43 bits per heavy atom. The third-order valence-electron chi connectivity index (χ3n) is 3.18. The topological polar surface area (TPSA) is 90.0 Å². The van der Waals surface area contributed by atoms with Crippen LogP contribution in [0.15, 0.2) is 29.3 Å². The van der Waals surface area contributed by atoms with Crippen molar-refractivity contribution in [1.82, 2.24) is 14.5 Å². The Bertz CT molecular complexity index is 756. The number of hydrogen-bond acceptors (Lipinski definition) is 4. The average molecular weight is 329 g/mol. The van der Waals surface area contributed by atoms with E-state index in [0.29, 0.717) is 17.0 Å². The van der Waals surface area contributed by atoms with E-state index in [1.165, 1.54) is 6.07 Å². The second-order valence-corrected chi connectivity index (χ2v) is 6.88. The highest BCUT2D eigenvalue weighted by molar-refractivity contribution is 7.89. The molecule has 0 radical (unpaired) electrons. The van der Waals surface area contributed by atoms with Crippen LogP contribution < -0.4 is 10.5 Å². The zero-order chi connectivity index (χ0) is 15.6. The van der Waals surface area contributed by atoms with Gasteiger partial charge in [-0.05, 0) is 30.7 Å².